The van der Waals surface area contributed by atoms with Crippen molar-refractivity contribution in [2.75, 3.05) is 0 Å². The van der Waals surface area contributed by atoms with Gasteiger partial charge in [-0.3, -0.25) is 0 Å². The SMILES string of the molecule is FC(F)c1cc(-c2ccco2)nc2c1c(C1CC1)nn2-c1ccccc1. The van der Waals surface area contributed by atoms with Crippen molar-refractivity contribution in [3.63, 3.8) is 0 Å². The number of pyridine rings is 1. The van der Waals surface area contributed by atoms with Gasteiger partial charge in [0.25, 0.3) is 6.43 Å². The second kappa shape index (κ2) is 5.76. The quantitative estimate of drug-likeness (QED) is 0.488. The molecule has 6 heteroatoms. The molecule has 0 atom stereocenters. The van der Waals surface area contributed by atoms with Crippen LogP contribution in [0.15, 0.2) is 59.2 Å². The highest BCUT2D eigenvalue weighted by Gasteiger charge is 2.33. The number of hydrogen-bond donors (Lipinski definition) is 0. The normalized spacial score (nSPS) is 14.4. The summed E-state index contributed by atoms with van der Waals surface area (Å²) >= 11 is 0. The molecule has 0 radical (unpaired) electrons. The van der Waals surface area contributed by atoms with E-state index in [2.05, 4.69) is 10.1 Å². The summed E-state index contributed by atoms with van der Waals surface area (Å²) in [4.78, 5) is 4.64. The van der Waals surface area contributed by atoms with Crippen LogP contribution in [0.25, 0.3) is 28.2 Å². The van der Waals surface area contributed by atoms with Crippen LogP contribution in [-0.4, -0.2) is 14.8 Å². The molecule has 3 heterocycles. The van der Waals surface area contributed by atoms with Gasteiger partial charge in [-0.05, 0) is 43.2 Å². The number of fused-ring (bicyclic) bond motifs is 1. The number of alkyl halides is 2. The van der Waals surface area contributed by atoms with E-state index in [1.165, 1.54) is 12.3 Å². The van der Waals surface area contributed by atoms with E-state index in [-0.39, 0.29) is 11.5 Å². The summed E-state index contributed by atoms with van der Waals surface area (Å²) in [7, 11) is 0. The Morgan fingerprint density at radius 3 is 2.54 bits per heavy atom. The van der Waals surface area contributed by atoms with Gasteiger partial charge in [-0.2, -0.15) is 5.10 Å². The Morgan fingerprint density at radius 1 is 1.08 bits per heavy atom. The highest BCUT2D eigenvalue weighted by atomic mass is 19.3. The number of para-hydroxylation sites is 1. The van der Waals surface area contributed by atoms with Crippen molar-refractivity contribution in [2.24, 2.45) is 0 Å². The van der Waals surface area contributed by atoms with Gasteiger partial charge in [0.1, 0.15) is 5.69 Å². The van der Waals surface area contributed by atoms with Gasteiger partial charge >= 0.3 is 0 Å². The zero-order valence-corrected chi connectivity index (χ0v) is 13.8. The molecule has 1 fully saturated rings. The maximum absolute atomic E-state index is 13.9. The van der Waals surface area contributed by atoms with Gasteiger partial charge in [0.05, 0.1) is 23.0 Å². The number of hydrogen-bond acceptors (Lipinski definition) is 3. The van der Waals surface area contributed by atoms with Crippen LogP contribution in [-0.2, 0) is 0 Å². The molecule has 0 aliphatic heterocycles. The molecule has 0 spiro atoms. The van der Waals surface area contributed by atoms with Gasteiger partial charge in [0, 0.05) is 11.5 Å². The first kappa shape index (κ1) is 15.3. The standard InChI is InChI=1S/C20H15F2N3O/c21-19(22)14-11-15(16-7-4-10-26-16)23-20-17(14)18(12-8-9-12)24-25(20)13-5-2-1-3-6-13/h1-7,10-12,19H,8-9H2. The van der Waals surface area contributed by atoms with Gasteiger partial charge in [-0.1, -0.05) is 18.2 Å². The van der Waals surface area contributed by atoms with Gasteiger partial charge in [-0.15, -0.1) is 0 Å². The molecule has 4 aromatic rings. The highest BCUT2D eigenvalue weighted by molar-refractivity contribution is 5.87. The van der Waals surface area contributed by atoms with Crippen molar-refractivity contribution in [1.82, 2.24) is 14.8 Å². The van der Waals surface area contributed by atoms with E-state index < -0.39 is 6.43 Å². The van der Waals surface area contributed by atoms with Crippen LogP contribution in [0.5, 0.6) is 0 Å². The Bertz CT molecular complexity index is 1070. The van der Waals surface area contributed by atoms with Crippen LogP contribution < -0.4 is 0 Å². The number of aromatic nitrogens is 3. The van der Waals surface area contributed by atoms with E-state index in [0.29, 0.717) is 22.5 Å². The first-order valence-electron chi connectivity index (χ1n) is 8.53. The Kier molecular flexibility index (Phi) is 3.38. The zero-order valence-electron chi connectivity index (χ0n) is 13.8. The molecule has 5 rings (SSSR count). The fourth-order valence-corrected chi connectivity index (χ4v) is 3.29. The van der Waals surface area contributed by atoms with Crippen LogP contribution >= 0.6 is 0 Å². The van der Waals surface area contributed by atoms with Crippen molar-refractivity contribution in [2.45, 2.75) is 25.2 Å². The largest absolute Gasteiger partial charge is 0.463 e. The molecule has 0 saturated heterocycles. The van der Waals surface area contributed by atoms with Gasteiger partial charge in [0.2, 0.25) is 0 Å². The molecule has 1 aliphatic carbocycles. The molecule has 3 aromatic heterocycles. The Labute approximate surface area is 148 Å². The van der Waals surface area contributed by atoms with Crippen LogP contribution in [0, 0.1) is 0 Å². The third-order valence-corrected chi connectivity index (χ3v) is 4.67. The molecule has 26 heavy (non-hydrogen) atoms. The lowest BCUT2D eigenvalue weighted by Crippen LogP contribution is -1.99. The Morgan fingerprint density at radius 2 is 1.88 bits per heavy atom. The Balaban J connectivity index is 1.85. The van der Waals surface area contributed by atoms with E-state index in [0.717, 1.165) is 24.2 Å². The van der Waals surface area contributed by atoms with Crippen molar-refractivity contribution >= 4 is 11.0 Å². The number of benzene rings is 1. The minimum atomic E-state index is -2.61. The summed E-state index contributed by atoms with van der Waals surface area (Å²) in [6.07, 6.45) is 0.848. The second-order valence-electron chi connectivity index (χ2n) is 6.48. The topological polar surface area (TPSA) is 43.9 Å². The van der Waals surface area contributed by atoms with Crippen LogP contribution in [0.4, 0.5) is 8.78 Å². The van der Waals surface area contributed by atoms with E-state index in [4.69, 9.17) is 4.42 Å². The third kappa shape index (κ3) is 2.41. The van der Waals surface area contributed by atoms with Gasteiger partial charge < -0.3 is 4.42 Å². The van der Waals surface area contributed by atoms with Gasteiger partial charge in [-0.25, -0.2) is 18.4 Å². The second-order valence-corrected chi connectivity index (χ2v) is 6.48. The fourth-order valence-electron chi connectivity index (χ4n) is 3.29. The van der Waals surface area contributed by atoms with E-state index in [1.807, 2.05) is 30.3 Å². The lowest BCUT2D eigenvalue weighted by molar-refractivity contribution is 0.153. The molecule has 0 N–H and O–H groups in total. The molecule has 1 aliphatic rings. The first-order valence-corrected chi connectivity index (χ1v) is 8.53. The summed E-state index contributed by atoms with van der Waals surface area (Å²) < 4.78 is 34.8. The highest BCUT2D eigenvalue weighted by Crippen LogP contribution is 2.45. The van der Waals surface area contributed by atoms with Crippen molar-refractivity contribution in [3.8, 4) is 17.1 Å². The molecular formula is C20H15F2N3O. The molecule has 130 valence electrons. The minimum Gasteiger partial charge on any atom is -0.463 e. The monoisotopic (exact) mass is 351 g/mol. The van der Waals surface area contributed by atoms with E-state index in [1.54, 1.807) is 16.8 Å². The number of nitrogens with zero attached hydrogens (tertiary/aromatic N) is 3. The lowest BCUT2D eigenvalue weighted by Gasteiger charge is -2.07. The van der Waals surface area contributed by atoms with Gasteiger partial charge in [0.15, 0.2) is 11.4 Å². The third-order valence-electron chi connectivity index (χ3n) is 4.67. The molecule has 1 aromatic carbocycles. The van der Waals surface area contributed by atoms with Crippen LogP contribution in [0.1, 0.15) is 36.4 Å². The molecule has 0 unspecified atom stereocenters. The maximum atomic E-state index is 13.9. The predicted octanol–water partition coefficient (Wildman–Crippen LogP) is 5.50. The first-order chi connectivity index (χ1) is 12.7. The maximum Gasteiger partial charge on any atom is 0.264 e. The number of halogens is 2. The fraction of sp³-hybridized carbons (Fsp3) is 0.200. The van der Waals surface area contributed by atoms with Crippen molar-refractivity contribution < 1.29 is 13.2 Å². The summed E-state index contributed by atoms with van der Waals surface area (Å²) in [5, 5.41) is 5.15. The Hall–Kier alpha value is -3.02. The van der Waals surface area contributed by atoms with E-state index in [9.17, 15) is 8.78 Å². The number of rotatable bonds is 4. The average molecular weight is 351 g/mol. The number of furan rings is 1. The predicted molar refractivity (Wildman–Crippen MR) is 93.5 cm³/mol. The van der Waals surface area contributed by atoms with Crippen LogP contribution in [0.2, 0.25) is 0 Å². The molecule has 0 bridgehead atoms. The molecule has 0 amide bonds. The summed E-state index contributed by atoms with van der Waals surface area (Å²) in [5.74, 6) is 0.693. The van der Waals surface area contributed by atoms with Crippen LogP contribution in [0.3, 0.4) is 0 Å². The molecule has 4 nitrogen and oxygen atoms in total. The summed E-state index contributed by atoms with van der Waals surface area (Å²) in [6.45, 7) is 0. The smallest absolute Gasteiger partial charge is 0.264 e. The summed E-state index contributed by atoms with van der Waals surface area (Å²) in [5.41, 5.74) is 2.32. The zero-order chi connectivity index (χ0) is 17.7. The lowest BCUT2D eigenvalue weighted by atomic mass is 10.1. The summed E-state index contributed by atoms with van der Waals surface area (Å²) in [6, 6.07) is 14.3. The minimum absolute atomic E-state index is 0.0366. The van der Waals surface area contributed by atoms with E-state index >= 15 is 0 Å². The molecular weight excluding hydrogens is 336 g/mol. The van der Waals surface area contributed by atoms with Crippen molar-refractivity contribution in [1.29, 1.82) is 0 Å². The van der Waals surface area contributed by atoms with Crippen molar-refractivity contribution in [3.05, 3.63) is 66.1 Å². The molecule has 1 saturated carbocycles. The average Bonchev–Trinajstić information content (AvgIpc) is 3.21.